The van der Waals surface area contributed by atoms with Crippen molar-refractivity contribution in [3.8, 4) is 0 Å². The van der Waals surface area contributed by atoms with E-state index < -0.39 is 0 Å². The molecule has 17 heavy (non-hydrogen) atoms. The number of ether oxygens (including phenoxy) is 1. The maximum absolute atomic E-state index is 13.6. The van der Waals surface area contributed by atoms with E-state index in [0.29, 0.717) is 24.4 Å². The lowest BCUT2D eigenvalue weighted by Gasteiger charge is -2.10. The Hall–Kier alpha value is -1.20. The Balaban J connectivity index is 2.52. The summed E-state index contributed by atoms with van der Waals surface area (Å²) in [6, 6.07) is 4.64. The first-order valence-corrected chi connectivity index (χ1v) is 5.86. The van der Waals surface area contributed by atoms with Crippen molar-refractivity contribution in [2.45, 2.75) is 20.0 Å². The summed E-state index contributed by atoms with van der Waals surface area (Å²) in [5, 5.41) is 2.95. The summed E-state index contributed by atoms with van der Waals surface area (Å²) in [6.45, 7) is 5.00. The van der Waals surface area contributed by atoms with Crippen molar-refractivity contribution in [1.29, 1.82) is 0 Å². The quantitative estimate of drug-likeness (QED) is 0.605. The van der Waals surface area contributed by atoms with Gasteiger partial charge in [-0.2, -0.15) is 0 Å². The van der Waals surface area contributed by atoms with E-state index in [9.17, 15) is 4.39 Å². The fraction of sp³-hybridized carbons (Fsp3) is 0.417. The number of halogens is 1. The minimum absolute atomic E-state index is 0.179. The second kappa shape index (κ2) is 6.51. The van der Waals surface area contributed by atoms with Crippen LogP contribution in [0.3, 0.4) is 0 Å². The van der Waals surface area contributed by atoms with Crippen LogP contribution < -0.4 is 11.1 Å². The van der Waals surface area contributed by atoms with Gasteiger partial charge in [0.2, 0.25) is 0 Å². The predicted molar refractivity (Wildman–Crippen MR) is 71.9 cm³/mol. The molecule has 0 aliphatic carbocycles. The largest absolute Gasteiger partial charge is 0.389 e. The first-order chi connectivity index (χ1) is 8.00. The molecule has 0 amide bonds. The van der Waals surface area contributed by atoms with E-state index in [4.69, 9.17) is 22.7 Å². The summed E-state index contributed by atoms with van der Waals surface area (Å²) in [7, 11) is 0. The van der Waals surface area contributed by atoms with Crippen LogP contribution >= 0.6 is 12.2 Å². The van der Waals surface area contributed by atoms with Crippen LogP contribution in [0, 0.1) is 5.82 Å². The molecule has 0 spiro atoms. The highest BCUT2D eigenvalue weighted by Crippen LogP contribution is 2.15. The normalized spacial score (nSPS) is 10.6. The molecule has 0 atom stereocenters. The molecule has 0 heterocycles. The Kier molecular flexibility index (Phi) is 5.31. The molecule has 0 fully saturated rings. The van der Waals surface area contributed by atoms with Crippen LogP contribution in [-0.4, -0.2) is 24.2 Å². The molecule has 0 saturated carbocycles. The topological polar surface area (TPSA) is 47.3 Å². The van der Waals surface area contributed by atoms with E-state index in [1.165, 1.54) is 6.07 Å². The molecule has 0 saturated heterocycles. The zero-order chi connectivity index (χ0) is 12.8. The molecule has 3 N–H and O–H groups in total. The van der Waals surface area contributed by atoms with Gasteiger partial charge in [-0.25, -0.2) is 4.39 Å². The second-order valence-corrected chi connectivity index (χ2v) is 4.35. The number of anilines is 1. The smallest absolute Gasteiger partial charge is 0.146 e. The van der Waals surface area contributed by atoms with Crippen LogP contribution in [0.15, 0.2) is 18.2 Å². The van der Waals surface area contributed by atoms with Crippen LogP contribution in [-0.2, 0) is 4.74 Å². The average Bonchev–Trinajstić information content (AvgIpc) is 2.25. The number of rotatable bonds is 6. The van der Waals surface area contributed by atoms with Gasteiger partial charge in [-0.3, -0.25) is 0 Å². The van der Waals surface area contributed by atoms with E-state index in [2.05, 4.69) is 5.32 Å². The van der Waals surface area contributed by atoms with Crippen molar-refractivity contribution in [2.75, 3.05) is 18.5 Å². The lowest BCUT2D eigenvalue weighted by atomic mass is 10.2. The van der Waals surface area contributed by atoms with Crippen molar-refractivity contribution in [3.63, 3.8) is 0 Å². The highest BCUT2D eigenvalue weighted by atomic mass is 32.1. The molecule has 0 unspecified atom stereocenters. The molecular weight excluding hydrogens is 239 g/mol. The molecule has 0 bridgehead atoms. The Bertz CT molecular complexity index is 396. The summed E-state index contributed by atoms with van der Waals surface area (Å²) in [5.74, 6) is -0.361. The minimum atomic E-state index is -0.361. The second-order valence-electron chi connectivity index (χ2n) is 3.91. The van der Waals surface area contributed by atoms with E-state index in [1.54, 1.807) is 12.1 Å². The molecular formula is C12H17FN2OS. The van der Waals surface area contributed by atoms with Gasteiger partial charge in [-0.15, -0.1) is 0 Å². The number of nitrogens with one attached hydrogen (secondary N) is 1. The molecule has 94 valence electrons. The molecule has 5 heteroatoms. The van der Waals surface area contributed by atoms with E-state index in [0.717, 1.165) is 0 Å². The fourth-order valence-electron chi connectivity index (χ4n) is 1.29. The third kappa shape index (κ3) is 4.66. The van der Waals surface area contributed by atoms with Gasteiger partial charge in [0, 0.05) is 12.1 Å². The minimum Gasteiger partial charge on any atom is -0.389 e. The van der Waals surface area contributed by atoms with Gasteiger partial charge in [0.05, 0.1) is 18.4 Å². The SMILES string of the molecule is CC(C)OCCNc1ccc(C(N)=S)cc1F. The van der Waals surface area contributed by atoms with Crippen LogP contribution in [0.2, 0.25) is 0 Å². The number of benzene rings is 1. The van der Waals surface area contributed by atoms with Gasteiger partial charge in [0.25, 0.3) is 0 Å². The van der Waals surface area contributed by atoms with E-state index in [1.807, 2.05) is 13.8 Å². The molecule has 0 aliphatic heterocycles. The number of nitrogens with two attached hydrogens (primary N) is 1. The van der Waals surface area contributed by atoms with Gasteiger partial charge < -0.3 is 15.8 Å². The molecule has 0 aromatic heterocycles. The average molecular weight is 256 g/mol. The van der Waals surface area contributed by atoms with Crippen molar-refractivity contribution >= 4 is 22.9 Å². The van der Waals surface area contributed by atoms with Crippen LogP contribution in [0.4, 0.5) is 10.1 Å². The van der Waals surface area contributed by atoms with E-state index >= 15 is 0 Å². The Morgan fingerprint density at radius 1 is 1.53 bits per heavy atom. The Morgan fingerprint density at radius 2 is 2.24 bits per heavy atom. The van der Waals surface area contributed by atoms with Gasteiger partial charge in [0.15, 0.2) is 0 Å². The lowest BCUT2D eigenvalue weighted by molar-refractivity contribution is 0.0870. The standard InChI is InChI=1S/C12H17FN2OS/c1-8(2)16-6-5-15-11-4-3-9(12(14)17)7-10(11)13/h3-4,7-8,15H,5-6H2,1-2H3,(H2,14,17). The van der Waals surface area contributed by atoms with Crippen LogP contribution in [0.25, 0.3) is 0 Å². The maximum Gasteiger partial charge on any atom is 0.146 e. The van der Waals surface area contributed by atoms with Gasteiger partial charge in [-0.1, -0.05) is 12.2 Å². The monoisotopic (exact) mass is 256 g/mol. The molecule has 1 aromatic rings. The molecule has 1 rings (SSSR count). The molecule has 0 aliphatic rings. The summed E-state index contributed by atoms with van der Waals surface area (Å²) < 4.78 is 18.9. The first-order valence-electron chi connectivity index (χ1n) is 5.45. The van der Waals surface area contributed by atoms with Gasteiger partial charge in [-0.05, 0) is 32.0 Å². The lowest BCUT2D eigenvalue weighted by Crippen LogP contribution is -2.14. The number of hydrogen-bond donors (Lipinski definition) is 2. The maximum atomic E-state index is 13.6. The van der Waals surface area contributed by atoms with E-state index in [-0.39, 0.29) is 16.9 Å². The van der Waals surface area contributed by atoms with Crippen molar-refractivity contribution in [3.05, 3.63) is 29.6 Å². The molecule has 0 radical (unpaired) electrons. The van der Waals surface area contributed by atoms with Gasteiger partial charge in [0.1, 0.15) is 10.8 Å². The zero-order valence-electron chi connectivity index (χ0n) is 10.00. The highest BCUT2D eigenvalue weighted by molar-refractivity contribution is 7.80. The zero-order valence-corrected chi connectivity index (χ0v) is 10.8. The summed E-state index contributed by atoms with van der Waals surface area (Å²) in [4.78, 5) is 0.193. The Labute approximate surface area is 106 Å². The van der Waals surface area contributed by atoms with Crippen molar-refractivity contribution in [2.24, 2.45) is 5.73 Å². The number of hydrogen-bond acceptors (Lipinski definition) is 3. The fourth-order valence-corrected chi connectivity index (χ4v) is 1.42. The van der Waals surface area contributed by atoms with Crippen LogP contribution in [0.5, 0.6) is 0 Å². The summed E-state index contributed by atoms with van der Waals surface area (Å²) >= 11 is 4.77. The molecule has 3 nitrogen and oxygen atoms in total. The van der Waals surface area contributed by atoms with Gasteiger partial charge >= 0.3 is 0 Å². The third-order valence-corrected chi connectivity index (χ3v) is 2.36. The first kappa shape index (κ1) is 13.9. The number of thiocarbonyl (C=S) groups is 1. The highest BCUT2D eigenvalue weighted by Gasteiger charge is 2.04. The molecule has 1 aromatic carbocycles. The van der Waals surface area contributed by atoms with Crippen molar-refractivity contribution in [1.82, 2.24) is 0 Å². The Morgan fingerprint density at radius 3 is 2.76 bits per heavy atom. The summed E-state index contributed by atoms with van der Waals surface area (Å²) in [5.41, 5.74) is 6.37. The van der Waals surface area contributed by atoms with Crippen LogP contribution in [0.1, 0.15) is 19.4 Å². The predicted octanol–water partition coefficient (Wildman–Crippen LogP) is 2.30. The van der Waals surface area contributed by atoms with Crippen molar-refractivity contribution < 1.29 is 9.13 Å². The third-order valence-electron chi connectivity index (χ3n) is 2.12. The summed E-state index contributed by atoms with van der Waals surface area (Å²) in [6.07, 6.45) is 0.179.